The van der Waals surface area contributed by atoms with Crippen LogP contribution in [0.2, 0.25) is 5.02 Å². The van der Waals surface area contributed by atoms with E-state index in [-0.39, 0.29) is 5.78 Å². The van der Waals surface area contributed by atoms with Gasteiger partial charge >= 0.3 is 0 Å². The Kier molecular flexibility index (Phi) is 5.79. The first-order chi connectivity index (χ1) is 13.5. The molecular formula is C23H30ClN3O. The van der Waals surface area contributed by atoms with Crippen LogP contribution in [0.1, 0.15) is 53.5 Å². The third kappa shape index (κ3) is 3.99. The lowest BCUT2D eigenvalue weighted by atomic mass is 10.1. The van der Waals surface area contributed by atoms with Crippen LogP contribution in [-0.2, 0) is 0 Å². The van der Waals surface area contributed by atoms with Crippen LogP contribution in [-0.4, -0.2) is 48.0 Å². The maximum atomic E-state index is 13.0. The predicted molar refractivity (Wildman–Crippen MR) is 116 cm³/mol. The van der Waals surface area contributed by atoms with Gasteiger partial charge in [0.1, 0.15) is 0 Å². The SMILES string of the molecule is Cc1cc(C(=O)CN2CCN(c3cccc(Cl)c3)CC2)c(C)n1C1CCCC1. The summed E-state index contributed by atoms with van der Waals surface area (Å²) in [5.74, 6) is 0.258. The summed E-state index contributed by atoms with van der Waals surface area (Å²) >= 11 is 6.12. The van der Waals surface area contributed by atoms with Gasteiger partial charge in [0.05, 0.1) is 6.54 Å². The van der Waals surface area contributed by atoms with Crippen molar-refractivity contribution in [2.75, 3.05) is 37.6 Å². The second-order valence-corrected chi connectivity index (χ2v) is 8.70. The summed E-state index contributed by atoms with van der Waals surface area (Å²) in [5, 5.41) is 0.771. The maximum Gasteiger partial charge on any atom is 0.178 e. The van der Waals surface area contributed by atoms with E-state index in [4.69, 9.17) is 11.6 Å². The van der Waals surface area contributed by atoms with Crippen LogP contribution in [0.15, 0.2) is 30.3 Å². The number of aromatic nitrogens is 1. The third-order valence-corrected chi connectivity index (χ3v) is 6.62. The molecule has 5 heteroatoms. The Morgan fingerprint density at radius 2 is 1.79 bits per heavy atom. The number of ketones is 1. The number of hydrogen-bond donors (Lipinski definition) is 0. The molecule has 28 heavy (non-hydrogen) atoms. The summed E-state index contributed by atoms with van der Waals surface area (Å²) in [6, 6.07) is 10.7. The Labute approximate surface area is 173 Å². The highest BCUT2D eigenvalue weighted by atomic mass is 35.5. The van der Waals surface area contributed by atoms with Crippen molar-refractivity contribution >= 4 is 23.1 Å². The molecule has 2 fully saturated rings. The molecule has 0 spiro atoms. The van der Waals surface area contributed by atoms with Crippen LogP contribution in [0.3, 0.4) is 0 Å². The molecule has 4 rings (SSSR count). The number of anilines is 1. The number of benzene rings is 1. The molecule has 150 valence electrons. The molecule has 1 aliphatic carbocycles. The van der Waals surface area contributed by atoms with Crippen molar-refractivity contribution in [1.82, 2.24) is 9.47 Å². The fourth-order valence-electron chi connectivity index (χ4n) is 4.91. The van der Waals surface area contributed by atoms with Crippen molar-refractivity contribution < 1.29 is 4.79 Å². The molecule has 0 radical (unpaired) electrons. The number of carbonyl (C=O) groups is 1. The van der Waals surface area contributed by atoms with E-state index in [9.17, 15) is 4.79 Å². The van der Waals surface area contributed by atoms with E-state index in [2.05, 4.69) is 40.3 Å². The van der Waals surface area contributed by atoms with Gasteiger partial charge in [-0.15, -0.1) is 0 Å². The standard InChI is InChI=1S/C23H30ClN3O/c1-17-14-22(18(2)27(17)20-7-3-4-8-20)23(28)16-25-10-12-26(13-11-25)21-9-5-6-19(24)15-21/h5-6,9,14-15,20H,3-4,7-8,10-13,16H2,1-2H3. The van der Waals surface area contributed by atoms with E-state index in [0.29, 0.717) is 12.6 Å². The Bertz CT molecular complexity index is 846. The quantitative estimate of drug-likeness (QED) is 0.671. The molecule has 2 aromatic rings. The highest BCUT2D eigenvalue weighted by molar-refractivity contribution is 6.30. The van der Waals surface area contributed by atoms with E-state index in [1.165, 1.54) is 37.1 Å². The predicted octanol–water partition coefficient (Wildman–Crippen LogP) is 4.88. The summed E-state index contributed by atoms with van der Waals surface area (Å²) in [6.45, 7) is 8.43. The fraction of sp³-hybridized carbons (Fsp3) is 0.522. The number of piperazine rings is 1. The number of carbonyl (C=O) groups excluding carboxylic acids is 1. The lowest BCUT2D eigenvalue weighted by Crippen LogP contribution is -2.48. The number of nitrogens with zero attached hydrogens (tertiary/aromatic N) is 3. The summed E-state index contributed by atoms with van der Waals surface area (Å²) in [4.78, 5) is 17.7. The van der Waals surface area contributed by atoms with Gasteiger partial charge in [-0.1, -0.05) is 30.5 Å². The molecule has 1 aromatic carbocycles. The molecule has 1 saturated carbocycles. The minimum atomic E-state index is 0.258. The summed E-state index contributed by atoms with van der Waals surface area (Å²) in [6.07, 6.45) is 5.11. The first-order valence-electron chi connectivity index (χ1n) is 10.5. The third-order valence-electron chi connectivity index (χ3n) is 6.39. The van der Waals surface area contributed by atoms with Crippen molar-refractivity contribution in [3.05, 3.63) is 52.3 Å². The first-order valence-corrected chi connectivity index (χ1v) is 10.8. The van der Waals surface area contributed by atoms with Gasteiger partial charge in [0.15, 0.2) is 5.78 Å². The van der Waals surface area contributed by atoms with Crippen LogP contribution in [0.25, 0.3) is 0 Å². The maximum absolute atomic E-state index is 13.0. The zero-order valence-corrected chi connectivity index (χ0v) is 17.7. The smallest absolute Gasteiger partial charge is 0.178 e. The monoisotopic (exact) mass is 399 g/mol. The van der Waals surface area contributed by atoms with Crippen molar-refractivity contribution in [2.45, 2.75) is 45.6 Å². The van der Waals surface area contributed by atoms with E-state index in [1.54, 1.807) is 0 Å². The molecular weight excluding hydrogens is 370 g/mol. The summed E-state index contributed by atoms with van der Waals surface area (Å²) < 4.78 is 2.41. The minimum absolute atomic E-state index is 0.258. The van der Waals surface area contributed by atoms with Crippen molar-refractivity contribution in [3.63, 3.8) is 0 Å². The highest BCUT2D eigenvalue weighted by Crippen LogP contribution is 2.33. The fourth-order valence-corrected chi connectivity index (χ4v) is 5.09. The zero-order chi connectivity index (χ0) is 19.7. The lowest BCUT2D eigenvalue weighted by molar-refractivity contribution is 0.0925. The van der Waals surface area contributed by atoms with Gasteiger partial charge in [-0.3, -0.25) is 9.69 Å². The summed E-state index contributed by atoms with van der Waals surface area (Å²) in [5.41, 5.74) is 4.48. The molecule has 0 N–H and O–H groups in total. The Balaban J connectivity index is 1.38. The molecule has 2 heterocycles. The summed E-state index contributed by atoms with van der Waals surface area (Å²) in [7, 11) is 0. The largest absolute Gasteiger partial charge is 0.369 e. The number of rotatable bonds is 5. The van der Waals surface area contributed by atoms with Crippen LogP contribution >= 0.6 is 11.6 Å². The average Bonchev–Trinajstić information content (AvgIpc) is 3.30. The van der Waals surface area contributed by atoms with Gasteiger partial charge in [-0.25, -0.2) is 0 Å². The normalized spacial score (nSPS) is 18.8. The second kappa shape index (κ2) is 8.30. The molecule has 1 saturated heterocycles. The van der Waals surface area contributed by atoms with Gasteiger partial charge in [0.2, 0.25) is 0 Å². The lowest BCUT2D eigenvalue weighted by Gasteiger charge is -2.35. The topological polar surface area (TPSA) is 28.5 Å². The molecule has 0 unspecified atom stereocenters. The van der Waals surface area contributed by atoms with E-state index >= 15 is 0 Å². The zero-order valence-electron chi connectivity index (χ0n) is 17.0. The molecule has 0 atom stereocenters. The molecule has 1 aliphatic heterocycles. The number of aryl methyl sites for hydroxylation is 1. The van der Waals surface area contributed by atoms with Gasteiger partial charge in [0, 0.05) is 59.9 Å². The van der Waals surface area contributed by atoms with Gasteiger partial charge < -0.3 is 9.47 Å². The van der Waals surface area contributed by atoms with Crippen molar-refractivity contribution in [2.24, 2.45) is 0 Å². The van der Waals surface area contributed by atoms with Crippen LogP contribution < -0.4 is 4.90 Å². The van der Waals surface area contributed by atoms with Gasteiger partial charge in [0.25, 0.3) is 0 Å². The van der Waals surface area contributed by atoms with E-state index < -0.39 is 0 Å². The molecule has 1 aromatic heterocycles. The van der Waals surface area contributed by atoms with Crippen LogP contribution in [0, 0.1) is 13.8 Å². The average molecular weight is 400 g/mol. The molecule has 2 aliphatic rings. The highest BCUT2D eigenvalue weighted by Gasteiger charge is 2.25. The van der Waals surface area contributed by atoms with Gasteiger partial charge in [-0.05, 0) is 51.0 Å². The number of halogens is 1. The van der Waals surface area contributed by atoms with Gasteiger partial charge in [-0.2, -0.15) is 0 Å². The first kappa shape index (κ1) is 19.5. The Hall–Kier alpha value is -1.78. The number of Topliss-reactive ketones (excluding diaryl/α,β-unsaturated/α-hetero) is 1. The van der Waals surface area contributed by atoms with E-state index in [0.717, 1.165) is 42.5 Å². The second-order valence-electron chi connectivity index (χ2n) is 8.26. The van der Waals surface area contributed by atoms with Crippen LogP contribution in [0.5, 0.6) is 0 Å². The Morgan fingerprint density at radius 1 is 1.07 bits per heavy atom. The molecule has 0 amide bonds. The van der Waals surface area contributed by atoms with Crippen molar-refractivity contribution in [1.29, 1.82) is 0 Å². The van der Waals surface area contributed by atoms with Crippen molar-refractivity contribution in [3.8, 4) is 0 Å². The molecule has 4 nitrogen and oxygen atoms in total. The van der Waals surface area contributed by atoms with E-state index in [1.807, 2.05) is 18.2 Å². The van der Waals surface area contributed by atoms with Crippen LogP contribution in [0.4, 0.5) is 5.69 Å². The Morgan fingerprint density at radius 3 is 2.46 bits per heavy atom. The molecule has 0 bridgehead atoms. The number of hydrogen-bond acceptors (Lipinski definition) is 3. The minimum Gasteiger partial charge on any atom is -0.369 e.